The Morgan fingerprint density at radius 3 is 2.57 bits per heavy atom. The number of benzene rings is 1. The summed E-state index contributed by atoms with van der Waals surface area (Å²) in [4.78, 5) is 11.2. The average molecular weight is 295 g/mol. The summed E-state index contributed by atoms with van der Waals surface area (Å²) in [7, 11) is 1.60. The van der Waals surface area contributed by atoms with Crippen molar-refractivity contribution in [2.45, 2.75) is 39.8 Å². The van der Waals surface area contributed by atoms with Crippen molar-refractivity contribution >= 4 is 5.97 Å². The lowest BCUT2D eigenvalue weighted by atomic mass is 10.0. The molecule has 5 heteroatoms. The molecule has 0 saturated carbocycles. The van der Waals surface area contributed by atoms with E-state index in [1.54, 1.807) is 7.11 Å². The lowest BCUT2D eigenvalue weighted by Gasteiger charge is -2.18. The van der Waals surface area contributed by atoms with Gasteiger partial charge in [-0.1, -0.05) is 26.8 Å². The van der Waals surface area contributed by atoms with Gasteiger partial charge in [0.2, 0.25) is 0 Å². The monoisotopic (exact) mass is 295 g/mol. The fraction of sp³-hybridized carbons (Fsp3) is 0.562. The lowest BCUT2D eigenvalue weighted by molar-refractivity contribution is -0.140. The molecule has 0 heterocycles. The number of ether oxygens (including phenoxy) is 2. The van der Waals surface area contributed by atoms with Gasteiger partial charge in [-0.25, -0.2) is 0 Å². The highest BCUT2D eigenvalue weighted by molar-refractivity contribution is 5.73. The molecule has 0 fully saturated rings. The summed E-state index contributed by atoms with van der Waals surface area (Å²) in [5.74, 6) is 0.568. The van der Waals surface area contributed by atoms with Crippen LogP contribution in [0.1, 0.15) is 32.8 Å². The lowest BCUT2D eigenvalue weighted by Crippen LogP contribution is -2.40. The minimum absolute atomic E-state index is 0.0246. The van der Waals surface area contributed by atoms with E-state index in [0.717, 1.165) is 12.0 Å². The van der Waals surface area contributed by atoms with Crippen molar-refractivity contribution in [3.05, 3.63) is 23.8 Å². The van der Waals surface area contributed by atoms with Gasteiger partial charge in [-0.2, -0.15) is 0 Å². The first-order valence-electron chi connectivity index (χ1n) is 7.25. The summed E-state index contributed by atoms with van der Waals surface area (Å²) in [6, 6.07) is 5.07. The molecule has 0 aliphatic heterocycles. The van der Waals surface area contributed by atoms with Crippen LogP contribution in [0.2, 0.25) is 0 Å². The van der Waals surface area contributed by atoms with Gasteiger partial charge in [-0.05, 0) is 30.0 Å². The highest BCUT2D eigenvalue weighted by Crippen LogP contribution is 2.28. The molecular weight excluding hydrogens is 270 g/mol. The van der Waals surface area contributed by atoms with Crippen molar-refractivity contribution in [3.63, 3.8) is 0 Å². The SMILES string of the molecule is CCCOc1cc(CN[C@@H](C(=O)O)C(C)C)ccc1OC. The molecule has 0 spiro atoms. The number of carboxylic acid groups (broad SMARTS) is 1. The molecule has 0 aliphatic carbocycles. The van der Waals surface area contributed by atoms with E-state index in [9.17, 15) is 4.79 Å². The van der Waals surface area contributed by atoms with Gasteiger partial charge in [0.25, 0.3) is 0 Å². The predicted molar refractivity (Wildman–Crippen MR) is 81.9 cm³/mol. The molecule has 0 aromatic heterocycles. The van der Waals surface area contributed by atoms with E-state index < -0.39 is 12.0 Å². The second-order valence-electron chi connectivity index (χ2n) is 5.27. The molecule has 0 bridgehead atoms. The molecule has 1 aromatic rings. The fourth-order valence-electron chi connectivity index (χ4n) is 1.99. The van der Waals surface area contributed by atoms with Crippen LogP contribution < -0.4 is 14.8 Å². The number of rotatable bonds is 9. The summed E-state index contributed by atoms with van der Waals surface area (Å²) in [6.07, 6.45) is 0.917. The standard InChI is InChI=1S/C16H25NO4/c1-5-8-21-14-9-12(6-7-13(14)20-4)10-17-15(11(2)3)16(18)19/h6-7,9,11,15,17H,5,8,10H2,1-4H3,(H,18,19)/t15-/m1/s1. The topological polar surface area (TPSA) is 67.8 Å². The van der Waals surface area contributed by atoms with E-state index in [1.807, 2.05) is 39.0 Å². The number of nitrogens with one attached hydrogen (secondary N) is 1. The Labute approximate surface area is 126 Å². The molecule has 0 radical (unpaired) electrons. The van der Waals surface area contributed by atoms with E-state index >= 15 is 0 Å². The van der Waals surface area contributed by atoms with Gasteiger partial charge in [0.15, 0.2) is 11.5 Å². The summed E-state index contributed by atoms with van der Waals surface area (Å²) < 4.78 is 10.9. The van der Waals surface area contributed by atoms with Crippen molar-refractivity contribution in [2.24, 2.45) is 5.92 Å². The molecule has 0 aliphatic rings. The van der Waals surface area contributed by atoms with Gasteiger partial charge in [0.1, 0.15) is 6.04 Å². The second-order valence-corrected chi connectivity index (χ2v) is 5.27. The van der Waals surface area contributed by atoms with Crippen LogP contribution in [0.15, 0.2) is 18.2 Å². The van der Waals surface area contributed by atoms with Crippen LogP contribution in [0.25, 0.3) is 0 Å². The van der Waals surface area contributed by atoms with Gasteiger partial charge in [-0.15, -0.1) is 0 Å². The zero-order valence-corrected chi connectivity index (χ0v) is 13.2. The van der Waals surface area contributed by atoms with Gasteiger partial charge < -0.3 is 19.9 Å². The van der Waals surface area contributed by atoms with E-state index in [-0.39, 0.29) is 5.92 Å². The van der Waals surface area contributed by atoms with Gasteiger partial charge in [-0.3, -0.25) is 4.79 Å². The molecule has 2 N–H and O–H groups in total. The normalized spacial score (nSPS) is 12.2. The molecule has 21 heavy (non-hydrogen) atoms. The molecule has 118 valence electrons. The van der Waals surface area contributed by atoms with Crippen molar-refractivity contribution < 1.29 is 19.4 Å². The largest absolute Gasteiger partial charge is 0.493 e. The number of hydrogen-bond acceptors (Lipinski definition) is 4. The fourth-order valence-corrected chi connectivity index (χ4v) is 1.99. The number of hydrogen-bond donors (Lipinski definition) is 2. The van der Waals surface area contributed by atoms with Crippen LogP contribution in [0, 0.1) is 5.92 Å². The number of methoxy groups -OCH3 is 1. The van der Waals surface area contributed by atoms with Gasteiger partial charge in [0.05, 0.1) is 13.7 Å². The third-order valence-electron chi connectivity index (χ3n) is 3.15. The Morgan fingerprint density at radius 2 is 2.05 bits per heavy atom. The van der Waals surface area contributed by atoms with Crippen molar-refractivity contribution in [1.29, 1.82) is 0 Å². The number of carbonyl (C=O) groups is 1. The summed E-state index contributed by atoms with van der Waals surface area (Å²) in [5.41, 5.74) is 0.966. The predicted octanol–water partition coefficient (Wildman–Crippen LogP) is 2.68. The first kappa shape index (κ1) is 17.3. The molecular formula is C16H25NO4. The third-order valence-corrected chi connectivity index (χ3v) is 3.15. The molecule has 1 atom stereocenters. The summed E-state index contributed by atoms with van der Waals surface area (Å²) >= 11 is 0. The third kappa shape index (κ3) is 5.27. The Hall–Kier alpha value is -1.75. The molecule has 0 unspecified atom stereocenters. The van der Waals surface area contributed by atoms with E-state index in [2.05, 4.69) is 5.32 Å². The van der Waals surface area contributed by atoms with E-state index in [0.29, 0.717) is 24.7 Å². The van der Waals surface area contributed by atoms with Crippen LogP contribution in [0.4, 0.5) is 0 Å². The first-order chi connectivity index (χ1) is 9.99. The molecule has 1 rings (SSSR count). The summed E-state index contributed by atoms with van der Waals surface area (Å²) in [5, 5.41) is 12.2. The Balaban J connectivity index is 2.77. The Bertz CT molecular complexity index is 460. The van der Waals surface area contributed by atoms with Crippen LogP contribution in [0.3, 0.4) is 0 Å². The van der Waals surface area contributed by atoms with Crippen LogP contribution in [0.5, 0.6) is 11.5 Å². The van der Waals surface area contributed by atoms with Crippen LogP contribution in [-0.4, -0.2) is 30.8 Å². The Kier molecular flexibility index (Phi) is 7.02. The van der Waals surface area contributed by atoms with Gasteiger partial charge in [0, 0.05) is 6.54 Å². The Morgan fingerprint density at radius 1 is 1.33 bits per heavy atom. The maximum atomic E-state index is 11.2. The zero-order valence-electron chi connectivity index (χ0n) is 13.2. The highest BCUT2D eigenvalue weighted by Gasteiger charge is 2.20. The highest BCUT2D eigenvalue weighted by atomic mass is 16.5. The zero-order chi connectivity index (χ0) is 15.8. The van der Waals surface area contributed by atoms with E-state index in [1.165, 1.54) is 0 Å². The number of aliphatic carboxylic acids is 1. The second kappa shape index (κ2) is 8.52. The van der Waals surface area contributed by atoms with Crippen molar-refractivity contribution in [3.8, 4) is 11.5 Å². The summed E-state index contributed by atoms with van der Waals surface area (Å²) in [6.45, 7) is 6.90. The molecule has 1 aromatic carbocycles. The first-order valence-corrected chi connectivity index (χ1v) is 7.25. The molecule has 5 nitrogen and oxygen atoms in total. The molecule has 0 amide bonds. The smallest absolute Gasteiger partial charge is 0.320 e. The maximum absolute atomic E-state index is 11.2. The van der Waals surface area contributed by atoms with Crippen LogP contribution >= 0.6 is 0 Å². The van der Waals surface area contributed by atoms with Gasteiger partial charge >= 0.3 is 5.97 Å². The van der Waals surface area contributed by atoms with Crippen molar-refractivity contribution in [2.75, 3.05) is 13.7 Å². The average Bonchev–Trinajstić information content (AvgIpc) is 2.44. The van der Waals surface area contributed by atoms with Crippen molar-refractivity contribution in [1.82, 2.24) is 5.32 Å². The molecule has 0 saturated heterocycles. The minimum Gasteiger partial charge on any atom is -0.493 e. The van der Waals surface area contributed by atoms with E-state index in [4.69, 9.17) is 14.6 Å². The minimum atomic E-state index is -0.832. The maximum Gasteiger partial charge on any atom is 0.320 e. The number of carboxylic acids is 1. The quantitative estimate of drug-likeness (QED) is 0.733. The van der Waals surface area contributed by atoms with Crippen LogP contribution in [-0.2, 0) is 11.3 Å².